The maximum atomic E-state index is 13.0. The van der Waals surface area contributed by atoms with Crippen molar-refractivity contribution < 1.29 is 9.53 Å². The summed E-state index contributed by atoms with van der Waals surface area (Å²) < 4.78 is 5.94. The van der Waals surface area contributed by atoms with Gasteiger partial charge in [-0.3, -0.25) is 9.78 Å². The van der Waals surface area contributed by atoms with Gasteiger partial charge in [0.2, 0.25) is 0 Å². The second-order valence-corrected chi connectivity index (χ2v) is 6.31. The standard InChI is InChI=1S/C18H22N4O2/c1-13-8-20-16(9-19-13)18(23)22-10-14-6-4-5-7-17(14)24-12-15(22)11-21(2)3/h4-9,15H,10-12H2,1-3H3/t15-/m0/s1. The fraction of sp³-hybridized carbons (Fsp3) is 0.389. The molecule has 0 N–H and O–H groups in total. The molecule has 2 heterocycles. The molecule has 24 heavy (non-hydrogen) atoms. The number of para-hydroxylation sites is 1. The van der Waals surface area contributed by atoms with E-state index in [0.717, 1.165) is 23.6 Å². The predicted octanol–water partition coefficient (Wildman–Crippen LogP) is 1.75. The topological polar surface area (TPSA) is 58.6 Å². The number of hydrogen-bond acceptors (Lipinski definition) is 5. The number of carbonyl (C=O) groups is 1. The molecule has 6 nitrogen and oxygen atoms in total. The van der Waals surface area contributed by atoms with Gasteiger partial charge in [-0.1, -0.05) is 18.2 Å². The Morgan fingerprint density at radius 3 is 2.79 bits per heavy atom. The maximum absolute atomic E-state index is 13.0. The highest BCUT2D eigenvalue weighted by molar-refractivity contribution is 5.92. The lowest BCUT2D eigenvalue weighted by atomic mass is 10.1. The van der Waals surface area contributed by atoms with Crippen molar-refractivity contribution in [2.45, 2.75) is 19.5 Å². The van der Waals surface area contributed by atoms with Gasteiger partial charge in [0, 0.05) is 18.3 Å². The van der Waals surface area contributed by atoms with E-state index in [-0.39, 0.29) is 11.9 Å². The number of amides is 1. The third-order valence-electron chi connectivity index (χ3n) is 4.02. The van der Waals surface area contributed by atoms with Crippen LogP contribution in [0, 0.1) is 6.92 Å². The molecule has 3 rings (SSSR count). The maximum Gasteiger partial charge on any atom is 0.274 e. The number of carbonyl (C=O) groups excluding carboxylic acids is 1. The van der Waals surface area contributed by atoms with E-state index in [4.69, 9.17) is 4.74 Å². The first kappa shape index (κ1) is 16.4. The highest BCUT2D eigenvalue weighted by Gasteiger charge is 2.30. The van der Waals surface area contributed by atoms with Crippen LogP contribution in [0.5, 0.6) is 5.75 Å². The zero-order chi connectivity index (χ0) is 17.1. The molecule has 0 saturated carbocycles. The van der Waals surface area contributed by atoms with Gasteiger partial charge < -0.3 is 14.5 Å². The van der Waals surface area contributed by atoms with Crippen molar-refractivity contribution in [2.24, 2.45) is 0 Å². The lowest BCUT2D eigenvalue weighted by molar-refractivity contribution is 0.0577. The molecule has 0 bridgehead atoms. The summed E-state index contributed by atoms with van der Waals surface area (Å²) in [5, 5.41) is 0. The Kier molecular flexibility index (Phi) is 4.76. The highest BCUT2D eigenvalue weighted by Crippen LogP contribution is 2.25. The van der Waals surface area contributed by atoms with E-state index < -0.39 is 0 Å². The van der Waals surface area contributed by atoms with E-state index >= 15 is 0 Å². The SMILES string of the molecule is Cc1cnc(C(=O)N2Cc3ccccc3OC[C@@H]2CN(C)C)cn1. The molecule has 0 fully saturated rings. The monoisotopic (exact) mass is 326 g/mol. The van der Waals surface area contributed by atoms with Crippen LogP contribution < -0.4 is 4.74 Å². The first-order chi connectivity index (χ1) is 11.5. The molecule has 0 aliphatic carbocycles. The van der Waals surface area contributed by atoms with E-state index in [0.29, 0.717) is 18.8 Å². The number of aromatic nitrogens is 2. The van der Waals surface area contributed by atoms with Gasteiger partial charge in [-0.05, 0) is 27.1 Å². The van der Waals surface area contributed by atoms with Crippen LogP contribution in [0.3, 0.4) is 0 Å². The van der Waals surface area contributed by atoms with Crippen LogP contribution in [0.25, 0.3) is 0 Å². The van der Waals surface area contributed by atoms with E-state index in [2.05, 4.69) is 14.9 Å². The van der Waals surface area contributed by atoms with Crippen molar-refractivity contribution in [3.63, 3.8) is 0 Å². The Morgan fingerprint density at radius 2 is 2.08 bits per heavy atom. The molecule has 0 unspecified atom stereocenters. The van der Waals surface area contributed by atoms with E-state index in [1.807, 2.05) is 50.2 Å². The minimum Gasteiger partial charge on any atom is -0.491 e. The first-order valence-corrected chi connectivity index (χ1v) is 7.99. The van der Waals surface area contributed by atoms with Crippen molar-refractivity contribution in [3.8, 4) is 5.75 Å². The molecule has 1 aromatic carbocycles. The average Bonchev–Trinajstić information content (AvgIpc) is 2.74. The number of benzene rings is 1. The zero-order valence-corrected chi connectivity index (χ0v) is 14.3. The lowest BCUT2D eigenvalue weighted by Crippen LogP contribution is -2.47. The second-order valence-electron chi connectivity index (χ2n) is 6.31. The summed E-state index contributed by atoms with van der Waals surface area (Å²) in [7, 11) is 3.98. The number of ether oxygens (including phenoxy) is 1. The van der Waals surface area contributed by atoms with Crippen LogP contribution >= 0.6 is 0 Å². The van der Waals surface area contributed by atoms with Crippen molar-refractivity contribution in [2.75, 3.05) is 27.2 Å². The van der Waals surface area contributed by atoms with Gasteiger partial charge in [0.15, 0.2) is 0 Å². The Labute approximate surface area is 142 Å². The van der Waals surface area contributed by atoms with Gasteiger partial charge >= 0.3 is 0 Å². The largest absolute Gasteiger partial charge is 0.491 e. The van der Waals surface area contributed by atoms with E-state index in [1.165, 1.54) is 0 Å². The Bertz CT molecular complexity index is 715. The summed E-state index contributed by atoms with van der Waals surface area (Å²) in [5.74, 6) is 0.723. The van der Waals surface area contributed by atoms with Crippen LogP contribution in [0.15, 0.2) is 36.7 Å². The molecule has 6 heteroatoms. The quantitative estimate of drug-likeness (QED) is 0.860. The summed E-state index contributed by atoms with van der Waals surface area (Å²) in [4.78, 5) is 25.4. The van der Waals surface area contributed by atoms with Crippen LogP contribution in [-0.4, -0.2) is 59.0 Å². The van der Waals surface area contributed by atoms with Crippen molar-refractivity contribution in [1.82, 2.24) is 19.8 Å². The molecule has 1 aliphatic heterocycles. The number of fused-ring (bicyclic) bond motifs is 1. The van der Waals surface area contributed by atoms with Crippen molar-refractivity contribution >= 4 is 5.91 Å². The number of nitrogens with zero attached hydrogens (tertiary/aromatic N) is 4. The lowest BCUT2D eigenvalue weighted by Gasteiger charge is -2.30. The van der Waals surface area contributed by atoms with Crippen LogP contribution in [0.1, 0.15) is 21.7 Å². The Balaban J connectivity index is 1.92. The van der Waals surface area contributed by atoms with E-state index in [9.17, 15) is 4.79 Å². The highest BCUT2D eigenvalue weighted by atomic mass is 16.5. The third kappa shape index (κ3) is 3.54. The summed E-state index contributed by atoms with van der Waals surface area (Å²) in [6.07, 6.45) is 3.17. The minimum absolute atomic E-state index is 0.0528. The third-order valence-corrected chi connectivity index (χ3v) is 4.02. The molecule has 2 aromatic rings. The van der Waals surface area contributed by atoms with Gasteiger partial charge in [0.1, 0.15) is 18.1 Å². The first-order valence-electron chi connectivity index (χ1n) is 7.99. The molecule has 126 valence electrons. The molecule has 0 radical (unpaired) electrons. The Hall–Kier alpha value is -2.47. The van der Waals surface area contributed by atoms with Gasteiger partial charge in [-0.15, -0.1) is 0 Å². The van der Waals surface area contributed by atoms with Gasteiger partial charge in [-0.25, -0.2) is 4.98 Å². The predicted molar refractivity (Wildman–Crippen MR) is 90.9 cm³/mol. The summed E-state index contributed by atoms with van der Waals surface area (Å²) in [6.45, 7) is 3.54. The van der Waals surface area contributed by atoms with Gasteiger partial charge in [0.25, 0.3) is 5.91 Å². The molecule has 1 amide bonds. The minimum atomic E-state index is -0.116. The fourth-order valence-electron chi connectivity index (χ4n) is 2.82. The zero-order valence-electron chi connectivity index (χ0n) is 14.3. The molecular formula is C18H22N4O2. The van der Waals surface area contributed by atoms with Gasteiger partial charge in [0.05, 0.1) is 24.5 Å². The second kappa shape index (κ2) is 6.97. The van der Waals surface area contributed by atoms with Crippen molar-refractivity contribution in [3.05, 3.63) is 53.6 Å². The van der Waals surface area contributed by atoms with Crippen LogP contribution in [-0.2, 0) is 6.54 Å². The van der Waals surface area contributed by atoms with Crippen LogP contribution in [0.2, 0.25) is 0 Å². The molecule has 1 aliphatic rings. The number of rotatable bonds is 3. The van der Waals surface area contributed by atoms with E-state index in [1.54, 1.807) is 12.4 Å². The molecule has 0 saturated heterocycles. The number of likely N-dealkylation sites (N-methyl/N-ethyl adjacent to an activating group) is 1. The summed E-state index contributed by atoms with van der Waals surface area (Å²) >= 11 is 0. The average molecular weight is 326 g/mol. The van der Waals surface area contributed by atoms with Crippen molar-refractivity contribution in [1.29, 1.82) is 0 Å². The summed E-state index contributed by atoms with van der Waals surface area (Å²) in [5.41, 5.74) is 2.16. The molecule has 0 spiro atoms. The van der Waals surface area contributed by atoms with Crippen LogP contribution in [0.4, 0.5) is 0 Å². The number of aryl methyl sites for hydroxylation is 1. The summed E-state index contributed by atoms with van der Waals surface area (Å²) in [6, 6.07) is 7.80. The molecular weight excluding hydrogens is 304 g/mol. The normalized spacial score (nSPS) is 17.2. The number of hydrogen-bond donors (Lipinski definition) is 0. The smallest absolute Gasteiger partial charge is 0.274 e. The molecule has 1 aromatic heterocycles. The fourth-order valence-corrected chi connectivity index (χ4v) is 2.82. The molecule has 1 atom stereocenters. The van der Waals surface area contributed by atoms with Gasteiger partial charge in [-0.2, -0.15) is 0 Å². The Morgan fingerprint density at radius 1 is 1.29 bits per heavy atom.